The second-order valence-electron chi connectivity index (χ2n) is 5.29. The minimum Gasteiger partial charge on any atom is -0.248 e. The van der Waals surface area contributed by atoms with E-state index < -0.39 is 6.30 Å². The maximum absolute atomic E-state index is 13.9. The predicted molar refractivity (Wildman–Crippen MR) is 76.1 cm³/mol. The van der Waals surface area contributed by atoms with Crippen molar-refractivity contribution < 1.29 is 4.39 Å². The Bertz CT molecular complexity index is 261. The molecule has 2 nitrogen and oxygen atoms in total. The standard InChI is InChI=1S/C12H23FN2S2/c1-12(8-6-4-5-7-8)10(17-3)9(16-2)11(13)14-15-12/h8-11,14-15H,4-7H2,1-3H3. The highest BCUT2D eigenvalue weighted by Gasteiger charge is 2.50. The third-order valence-corrected chi connectivity index (χ3v) is 6.91. The van der Waals surface area contributed by atoms with Crippen LogP contribution in [0.4, 0.5) is 4.39 Å². The highest BCUT2D eigenvalue weighted by Crippen LogP contribution is 2.44. The Morgan fingerprint density at radius 3 is 2.35 bits per heavy atom. The Morgan fingerprint density at radius 2 is 1.82 bits per heavy atom. The number of thioether (sulfide) groups is 2. The molecule has 1 heterocycles. The van der Waals surface area contributed by atoms with E-state index in [-0.39, 0.29) is 10.8 Å². The van der Waals surface area contributed by atoms with Crippen molar-refractivity contribution in [3.05, 3.63) is 0 Å². The molecular weight excluding hydrogens is 255 g/mol. The molecule has 0 spiro atoms. The van der Waals surface area contributed by atoms with Crippen LogP contribution in [-0.4, -0.2) is 34.8 Å². The van der Waals surface area contributed by atoms with Gasteiger partial charge in [-0.15, -0.1) is 0 Å². The summed E-state index contributed by atoms with van der Waals surface area (Å²) in [4.78, 5) is 0. The lowest BCUT2D eigenvalue weighted by molar-refractivity contribution is 0.0882. The minimum absolute atomic E-state index is 0.0200. The van der Waals surface area contributed by atoms with E-state index in [4.69, 9.17) is 0 Å². The summed E-state index contributed by atoms with van der Waals surface area (Å²) in [5.74, 6) is 0.676. The number of hydrogen-bond donors (Lipinski definition) is 2. The summed E-state index contributed by atoms with van der Waals surface area (Å²) in [5.41, 5.74) is 6.18. The average Bonchev–Trinajstić information content (AvgIpc) is 2.86. The van der Waals surface area contributed by atoms with Crippen molar-refractivity contribution in [1.82, 2.24) is 10.9 Å². The van der Waals surface area contributed by atoms with Crippen LogP contribution >= 0.6 is 23.5 Å². The summed E-state index contributed by atoms with van der Waals surface area (Å²) in [6.45, 7) is 2.27. The first-order valence-corrected chi connectivity index (χ1v) is 8.93. The topological polar surface area (TPSA) is 24.1 Å². The SMILES string of the molecule is CSC1C(F)NNC(C)(C2CCCC2)C1SC. The predicted octanol–water partition coefficient (Wildman–Crippen LogP) is 2.80. The first-order valence-electron chi connectivity index (χ1n) is 6.36. The number of rotatable bonds is 3. The molecule has 0 aromatic rings. The van der Waals surface area contributed by atoms with E-state index in [2.05, 4.69) is 24.0 Å². The molecule has 1 saturated carbocycles. The number of nitrogens with one attached hydrogen (secondary N) is 2. The summed E-state index contributed by atoms with van der Waals surface area (Å²) >= 11 is 3.46. The lowest BCUT2D eigenvalue weighted by Gasteiger charge is -2.50. The van der Waals surface area contributed by atoms with Crippen LogP contribution in [0.1, 0.15) is 32.6 Å². The molecule has 4 unspecified atom stereocenters. The molecule has 0 aromatic heterocycles. The molecule has 2 fully saturated rings. The van der Waals surface area contributed by atoms with Crippen LogP contribution in [-0.2, 0) is 0 Å². The minimum atomic E-state index is -0.947. The van der Waals surface area contributed by atoms with Crippen molar-refractivity contribution in [3.8, 4) is 0 Å². The van der Waals surface area contributed by atoms with Gasteiger partial charge in [-0.3, -0.25) is 0 Å². The Hall–Kier alpha value is 0.550. The number of hydrazine groups is 1. The zero-order chi connectivity index (χ0) is 12.5. The molecule has 1 aliphatic heterocycles. The average molecular weight is 278 g/mol. The highest BCUT2D eigenvalue weighted by atomic mass is 32.2. The van der Waals surface area contributed by atoms with Crippen LogP contribution in [0.15, 0.2) is 0 Å². The number of hydrogen-bond acceptors (Lipinski definition) is 4. The van der Waals surface area contributed by atoms with Gasteiger partial charge < -0.3 is 0 Å². The molecule has 2 aliphatic rings. The first-order chi connectivity index (χ1) is 8.13. The molecule has 0 aromatic carbocycles. The molecule has 100 valence electrons. The van der Waals surface area contributed by atoms with E-state index in [0.29, 0.717) is 11.2 Å². The molecule has 2 rings (SSSR count). The van der Waals surface area contributed by atoms with E-state index in [1.807, 2.05) is 18.0 Å². The maximum Gasteiger partial charge on any atom is 0.176 e. The van der Waals surface area contributed by atoms with Crippen molar-refractivity contribution in [2.75, 3.05) is 12.5 Å². The van der Waals surface area contributed by atoms with E-state index >= 15 is 0 Å². The van der Waals surface area contributed by atoms with Crippen LogP contribution in [0, 0.1) is 5.92 Å². The van der Waals surface area contributed by atoms with Gasteiger partial charge in [-0.1, -0.05) is 12.8 Å². The molecule has 17 heavy (non-hydrogen) atoms. The molecule has 5 heteroatoms. The van der Waals surface area contributed by atoms with Crippen molar-refractivity contribution in [2.24, 2.45) is 5.92 Å². The quantitative estimate of drug-likeness (QED) is 0.775. The van der Waals surface area contributed by atoms with E-state index in [9.17, 15) is 4.39 Å². The molecule has 1 aliphatic carbocycles. The first kappa shape index (κ1) is 14.0. The normalized spacial score (nSPS) is 44.1. The van der Waals surface area contributed by atoms with Gasteiger partial charge in [0.15, 0.2) is 6.30 Å². The molecule has 1 saturated heterocycles. The summed E-state index contributed by atoms with van der Waals surface area (Å²) in [7, 11) is 0. The number of halogens is 1. The molecule has 0 bridgehead atoms. The van der Waals surface area contributed by atoms with Gasteiger partial charge in [0.2, 0.25) is 0 Å². The third kappa shape index (κ3) is 2.48. The zero-order valence-corrected chi connectivity index (χ0v) is 12.5. The van der Waals surface area contributed by atoms with E-state index in [0.717, 1.165) is 0 Å². The maximum atomic E-state index is 13.9. The van der Waals surface area contributed by atoms with Gasteiger partial charge >= 0.3 is 0 Å². The molecular formula is C12H23FN2S2. The van der Waals surface area contributed by atoms with E-state index in [1.54, 1.807) is 11.8 Å². The zero-order valence-electron chi connectivity index (χ0n) is 10.8. The van der Waals surface area contributed by atoms with Gasteiger partial charge in [0, 0.05) is 10.8 Å². The van der Waals surface area contributed by atoms with Gasteiger partial charge in [-0.2, -0.15) is 23.5 Å². The van der Waals surface area contributed by atoms with Gasteiger partial charge in [0.05, 0.1) is 5.25 Å². The van der Waals surface area contributed by atoms with Crippen LogP contribution in [0.5, 0.6) is 0 Å². The molecule has 4 atom stereocenters. The second-order valence-corrected chi connectivity index (χ2v) is 7.29. The fraction of sp³-hybridized carbons (Fsp3) is 1.00. The van der Waals surface area contributed by atoms with Crippen molar-refractivity contribution >= 4 is 23.5 Å². The second kappa shape index (κ2) is 5.68. The highest BCUT2D eigenvalue weighted by molar-refractivity contribution is 8.03. The number of alkyl halides is 1. The smallest absolute Gasteiger partial charge is 0.176 e. The van der Waals surface area contributed by atoms with Crippen molar-refractivity contribution in [3.63, 3.8) is 0 Å². The lowest BCUT2D eigenvalue weighted by Crippen LogP contribution is -2.71. The Morgan fingerprint density at radius 1 is 1.18 bits per heavy atom. The third-order valence-electron chi connectivity index (χ3n) is 4.39. The van der Waals surface area contributed by atoms with Gasteiger partial charge in [0.1, 0.15) is 0 Å². The van der Waals surface area contributed by atoms with Crippen molar-refractivity contribution in [2.45, 2.75) is 54.9 Å². The van der Waals surface area contributed by atoms with Crippen LogP contribution in [0.25, 0.3) is 0 Å². The van der Waals surface area contributed by atoms with Crippen LogP contribution in [0.3, 0.4) is 0 Å². The van der Waals surface area contributed by atoms with E-state index in [1.165, 1.54) is 25.7 Å². The molecule has 2 N–H and O–H groups in total. The summed E-state index contributed by atoms with van der Waals surface area (Å²) < 4.78 is 13.9. The molecule has 0 amide bonds. The summed E-state index contributed by atoms with van der Waals surface area (Å²) in [6.07, 6.45) is 8.39. The largest absolute Gasteiger partial charge is 0.248 e. The van der Waals surface area contributed by atoms with Crippen LogP contribution < -0.4 is 10.9 Å². The Balaban J connectivity index is 2.19. The Kier molecular flexibility index (Phi) is 4.67. The van der Waals surface area contributed by atoms with Crippen LogP contribution in [0.2, 0.25) is 0 Å². The van der Waals surface area contributed by atoms with Gasteiger partial charge in [-0.05, 0) is 38.2 Å². The molecule has 0 radical (unpaired) electrons. The summed E-state index contributed by atoms with van der Waals surface area (Å²) in [5, 5.41) is 0.369. The van der Waals surface area contributed by atoms with Crippen molar-refractivity contribution in [1.29, 1.82) is 0 Å². The monoisotopic (exact) mass is 278 g/mol. The van der Waals surface area contributed by atoms with Gasteiger partial charge in [-0.25, -0.2) is 15.2 Å². The summed E-state index contributed by atoms with van der Waals surface area (Å²) in [6, 6.07) is 0. The Labute approximate surface area is 112 Å². The lowest BCUT2D eigenvalue weighted by atomic mass is 9.79. The fourth-order valence-corrected chi connectivity index (χ4v) is 6.01. The fourth-order valence-electron chi connectivity index (χ4n) is 3.35. The van der Waals surface area contributed by atoms with Gasteiger partial charge in [0.25, 0.3) is 0 Å².